The van der Waals surface area contributed by atoms with Crippen LogP contribution in [-0.2, 0) is 14.3 Å². The Bertz CT molecular complexity index is 452. The van der Waals surface area contributed by atoms with Crippen molar-refractivity contribution < 1.29 is 24.2 Å². The number of para-hydroxylation sites is 1. The number of carbonyl (C=O) groups is 2. The molecule has 5 nitrogen and oxygen atoms in total. The molecule has 20 heavy (non-hydrogen) atoms. The van der Waals surface area contributed by atoms with Gasteiger partial charge in [0.2, 0.25) is 6.29 Å². The van der Waals surface area contributed by atoms with Crippen molar-refractivity contribution in [3.8, 4) is 5.75 Å². The summed E-state index contributed by atoms with van der Waals surface area (Å²) in [5.74, 6) is -0.764. The molecule has 0 saturated heterocycles. The van der Waals surface area contributed by atoms with Gasteiger partial charge in [-0.15, -0.1) is 0 Å². The molecule has 0 aromatic heterocycles. The van der Waals surface area contributed by atoms with Crippen molar-refractivity contribution in [1.29, 1.82) is 0 Å². The van der Waals surface area contributed by atoms with E-state index in [1.165, 1.54) is 6.92 Å². The summed E-state index contributed by atoms with van der Waals surface area (Å²) in [6, 6.07) is 9.15. The minimum Gasteiger partial charge on any atom is -0.478 e. The number of hydrogen-bond acceptors (Lipinski definition) is 4. The van der Waals surface area contributed by atoms with Gasteiger partial charge in [-0.2, -0.15) is 0 Å². The fraction of sp³-hybridized carbons (Fsp3) is 0.200. The van der Waals surface area contributed by atoms with E-state index in [4.69, 9.17) is 14.6 Å². The Morgan fingerprint density at radius 2 is 1.80 bits per heavy atom. The van der Waals surface area contributed by atoms with E-state index < -0.39 is 18.2 Å². The molecule has 0 heterocycles. The van der Waals surface area contributed by atoms with Gasteiger partial charge in [0.05, 0.1) is 0 Å². The summed E-state index contributed by atoms with van der Waals surface area (Å²) >= 11 is 0. The minimum atomic E-state index is -0.935. The highest BCUT2D eigenvalue weighted by Crippen LogP contribution is 2.11. The molecule has 108 valence electrons. The molecule has 0 spiro atoms. The fourth-order valence-electron chi connectivity index (χ4n) is 0.926. The fourth-order valence-corrected chi connectivity index (χ4v) is 0.926. The minimum absolute atomic E-state index is 0.176. The highest BCUT2D eigenvalue weighted by atomic mass is 16.7. The molecule has 0 bridgehead atoms. The van der Waals surface area contributed by atoms with Gasteiger partial charge in [0, 0.05) is 18.6 Å². The third kappa shape index (κ3) is 8.52. The molecule has 0 aliphatic rings. The Morgan fingerprint density at radius 1 is 1.30 bits per heavy atom. The molecule has 1 rings (SSSR count). The molecule has 1 aromatic rings. The third-order valence-corrected chi connectivity index (χ3v) is 1.86. The number of aliphatic carboxylic acids is 1. The summed E-state index contributed by atoms with van der Waals surface area (Å²) in [6.07, 6.45) is 0.494. The Labute approximate surface area is 118 Å². The van der Waals surface area contributed by atoms with E-state index in [1.807, 2.05) is 18.2 Å². The summed E-state index contributed by atoms with van der Waals surface area (Å²) in [7, 11) is 0. The molecular formula is C15H18O5. The van der Waals surface area contributed by atoms with Crippen LogP contribution in [-0.4, -0.2) is 23.3 Å². The second-order valence-corrected chi connectivity index (χ2v) is 3.73. The molecule has 0 radical (unpaired) electrons. The Morgan fingerprint density at radius 3 is 2.20 bits per heavy atom. The average molecular weight is 278 g/mol. The molecule has 1 unspecified atom stereocenters. The summed E-state index contributed by atoms with van der Waals surface area (Å²) in [4.78, 5) is 20.4. The zero-order valence-electron chi connectivity index (χ0n) is 11.5. The van der Waals surface area contributed by atoms with Gasteiger partial charge >= 0.3 is 11.9 Å². The standard InChI is InChI=1S/C11H12O3.C4H6O2/c1-3-11(12)14-9(2)13-10-7-5-4-6-8-10;1-3(2)4(5)6/h3-9H,1H2,2H3;1H2,2H3,(H,5,6). The first-order valence-corrected chi connectivity index (χ1v) is 5.80. The van der Waals surface area contributed by atoms with Gasteiger partial charge in [0.15, 0.2) is 0 Å². The first kappa shape index (κ1) is 17.4. The number of rotatable bonds is 5. The largest absolute Gasteiger partial charge is 0.478 e. The van der Waals surface area contributed by atoms with Gasteiger partial charge in [-0.1, -0.05) is 31.4 Å². The van der Waals surface area contributed by atoms with E-state index >= 15 is 0 Å². The number of benzene rings is 1. The number of carboxylic acid groups (broad SMARTS) is 1. The van der Waals surface area contributed by atoms with Crippen LogP contribution in [0.1, 0.15) is 13.8 Å². The zero-order chi connectivity index (χ0) is 15.5. The van der Waals surface area contributed by atoms with Crippen LogP contribution in [0.15, 0.2) is 55.1 Å². The lowest BCUT2D eigenvalue weighted by atomic mass is 10.3. The lowest BCUT2D eigenvalue weighted by Crippen LogP contribution is -2.19. The van der Waals surface area contributed by atoms with Gasteiger partial charge in [-0.3, -0.25) is 0 Å². The predicted octanol–water partition coefficient (Wildman–Crippen LogP) is 2.79. The Kier molecular flexibility index (Phi) is 8.18. The van der Waals surface area contributed by atoms with Crippen molar-refractivity contribution in [2.24, 2.45) is 0 Å². The van der Waals surface area contributed by atoms with Crippen molar-refractivity contribution in [3.63, 3.8) is 0 Å². The maximum atomic E-state index is 10.8. The van der Waals surface area contributed by atoms with E-state index in [2.05, 4.69) is 13.2 Å². The second kappa shape index (κ2) is 9.38. The van der Waals surface area contributed by atoms with Crippen LogP contribution in [0.3, 0.4) is 0 Å². The van der Waals surface area contributed by atoms with Crippen molar-refractivity contribution in [2.75, 3.05) is 0 Å². The average Bonchev–Trinajstić information content (AvgIpc) is 2.40. The molecule has 0 saturated carbocycles. The Balaban J connectivity index is 0.000000511. The second-order valence-electron chi connectivity index (χ2n) is 3.73. The van der Waals surface area contributed by atoms with E-state index in [0.29, 0.717) is 5.75 Å². The van der Waals surface area contributed by atoms with Gasteiger partial charge in [0.1, 0.15) is 5.75 Å². The number of ether oxygens (including phenoxy) is 2. The first-order chi connectivity index (χ1) is 9.36. The summed E-state index contributed by atoms with van der Waals surface area (Å²) < 4.78 is 10.1. The lowest BCUT2D eigenvalue weighted by molar-refractivity contribution is -0.155. The van der Waals surface area contributed by atoms with Crippen LogP contribution in [0.25, 0.3) is 0 Å². The monoisotopic (exact) mass is 278 g/mol. The molecular weight excluding hydrogens is 260 g/mol. The normalized spacial score (nSPS) is 10.3. The molecule has 0 amide bonds. The van der Waals surface area contributed by atoms with E-state index in [1.54, 1.807) is 19.1 Å². The summed E-state index contributed by atoms with van der Waals surface area (Å²) in [6.45, 7) is 9.54. The molecule has 1 aromatic carbocycles. The van der Waals surface area contributed by atoms with Gasteiger partial charge in [-0.05, 0) is 19.1 Å². The van der Waals surface area contributed by atoms with E-state index in [9.17, 15) is 9.59 Å². The van der Waals surface area contributed by atoms with Gasteiger partial charge in [-0.25, -0.2) is 9.59 Å². The number of hydrogen-bond donors (Lipinski definition) is 1. The molecule has 0 aliphatic carbocycles. The quantitative estimate of drug-likeness (QED) is 0.509. The van der Waals surface area contributed by atoms with Crippen molar-refractivity contribution in [3.05, 3.63) is 55.1 Å². The molecule has 1 N–H and O–H groups in total. The van der Waals surface area contributed by atoms with Crippen LogP contribution < -0.4 is 4.74 Å². The smallest absolute Gasteiger partial charge is 0.333 e. The van der Waals surface area contributed by atoms with Gasteiger partial charge < -0.3 is 14.6 Å². The highest BCUT2D eigenvalue weighted by molar-refractivity contribution is 5.84. The molecule has 0 fully saturated rings. The number of carboxylic acids is 1. The topological polar surface area (TPSA) is 72.8 Å². The molecule has 0 aliphatic heterocycles. The predicted molar refractivity (Wildman–Crippen MR) is 75.3 cm³/mol. The number of esters is 1. The van der Waals surface area contributed by atoms with Gasteiger partial charge in [0.25, 0.3) is 0 Å². The van der Waals surface area contributed by atoms with Crippen molar-refractivity contribution in [1.82, 2.24) is 0 Å². The third-order valence-electron chi connectivity index (χ3n) is 1.86. The molecule has 5 heteroatoms. The Hall–Kier alpha value is -2.56. The van der Waals surface area contributed by atoms with Crippen LogP contribution in [0.5, 0.6) is 5.75 Å². The maximum absolute atomic E-state index is 10.8. The van der Waals surface area contributed by atoms with Crippen LogP contribution in [0.2, 0.25) is 0 Å². The molecule has 1 atom stereocenters. The highest BCUT2D eigenvalue weighted by Gasteiger charge is 2.06. The summed E-state index contributed by atoms with van der Waals surface area (Å²) in [5, 5.41) is 7.89. The van der Waals surface area contributed by atoms with Crippen LogP contribution >= 0.6 is 0 Å². The summed E-state index contributed by atoms with van der Waals surface area (Å²) in [5.41, 5.74) is 0.176. The van der Waals surface area contributed by atoms with Crippen molar-refractivity contribution in [2.45, 2.75) is 20.1 Å². The van der Waals surface area contributed by atoms with E-state index in [-0.39, 0.29) is 5.57 Å². The zero-order valence-corrected chi connectivity index (χ0v) is 11.5. The van der Waals surface area contributed by atoms with Crippen LogP contribution in [0.4, 0.5) is 0 Å². The van der Waals surface area contributed by atoms with Crippen LogP contribution in [0, 0.1) is 0 Å². The number of carbonyl (C=O) groups excluding carboxylic acids is 1. The first-order valence-electron chi connectivity index (χ1n) is 5.80. The SMILES string of the molecule is C=C(C)C(=O)O.C=CC(=O)OC(C)Oc1ccccc1. The van der Waals surface area contributed by atoms with Crippen molar-refractivity contribution >= 4 is 11.9 Å². The van der Waals surface area contributed by atoms with E-state index in [0.717, 1.165) is 6.08 Å². The maximum Gasteiger partial charge on any atom is 0.333 e. The lowest BCUT2D eigenvalue weighted by Gasteiger charge is -2.13.